The Morgan fingerprint density at radius 1 is 0.941 bits per heavy atom. The van der Waals surface area contributed by atoms with Crippen LogP contribution >= 0.6 is 0 Å². The topological polar surface area (TPSA) is 27.1 Å². The first-order chi connectivity index (χ1) is 8.34. The van der Waals surface area contributed by atoms with Crippen LogP contribution in [0.15, 0.2) is 42.5 Å². The lowest BCUT2D eigenvalue weighted by Gasteiger charge is -2.29. The number of hydrogen-bond acceptors (Lipinski definition) is 1. The van der Waals surface area contributed by atoms with Gasteiger partial charge in [-0.15, -0.1) is 0 Å². The lowest BCUT2D eigenvalue weighted by Crippen LogP contribution is -2.34. The Kier molecular flexibility index (Phi) is 2.56. The molecule has 0 spiro atoms. The lowest BCUT2D eigenvalue weighted by atomic mass is 10.1. The van der Waals surface area contributed by atoms with E-state index in [1.54, 1.807) is 0 Å². The van der Waals surface area contributed by atoms with Crippen molar-refractivity contribution in [1.29, 1.82) is 5.41 Å². The van der Waals surface area contributed by atoms with Gasteiger partial charge in [-0.3, -0.25) is 5.41 Å². The summed E-state index contributed by atoms with van der Waals surface area (Å²) in [6.45, 7) is 0.983. The van der Waals surface area contributed by atoms with Gasteiger partial charge in [0.25, 0.3) is 0 Å². The van der Waals surface area contributed by atoms with Gasteiger partial charge in [-0.1, -0.05) is 30.3 Å². The molecular formula is C15H16N2. The summed E-state index contributed by atoms with van der Waals surface area (Å²) in [4.78, 5) is 2.13. The highest BCUT2D eigenvalue weighted by molar-refractivity contribution is 5.98. The molecule has 1 aliphatic rings. The summed E-state index contributed by atoms with van der Waals surface area (Å²) in [5.41, 5.74) is 1.16. The zero-order valence-corrected chi connectivity index (χ0v) is 9.82. The van der Waals surface area contributed by atoms with Gasteiger partial charge >= 0.3 is 0 Å². The molecule has 0 saturated carbocycles. The smallest absolute Gasteiger partial charge is 0.100 e. The number of nitrogens with one attached hydrogen (secondary N) is 1. The summed E-state index contributed by atoms with van der Waals surface area (Å²) < 4.78 is 0. The van der Waals surface area contributed by atoms with Crippen LogP contribution in [0.25, 0.3) is 10.8 Å². The van der Waals surface area contributed by atoms with Crippen LogP contribution in [-0.4, -0.2) is 12.4 Å². The van der Waals surface area contributed by atoms with Gasteiger partial charge in [0.15, 0.2) is 0 Å². The van der Waals surface area contributed by atoms with Crippen LogP contribution < -0.4 is 4.90 Å². The molecule has 2 heteroatoms. The van der Waals surface area contributed by atoms with Crippen molar-refractivity contribution in [3.05, 3.63) is 42.5 Å². The average Bonchev–Trinajstić information content (AvgIpc) is 2.39. The number of anilines is 1. The largest absolute Gasteiger partial charge is 0.330 e. The van der Waals surface area contributed by atoms with Gasteiger partial charge in [0.1, 0.15) is 5.84 Å². The zero-order valence-electron chi connectivity index (χ0n) is 9.82. The third-order valence-electron chi connectivity index (χ3n) is 3.42. The van der Waals surface area contributed by atoms with E-state index >= 15 is 0 Å². The monoisotopic (exact) mass is 224 g/mol. The van der Waals surface area contributed by atoms with Gasteiger partial charge in [0.05, 0.1) is 0 Å². The first kappa shape index (κ1) is 10.3. The molecule has 0 aliphatic carbocycles. The fraction of sp³-hybridized carbons (Fsp3) is 0.267. The second kappa shape index (κ2) is 4.21. The predicted octanol–water partition coefficient (Wildman–Crippen LogP) is 3.81. The van der Waals surface area contributed by atoms with Crippen LogP contribution in [0, 0.1) is 5.41 Å². The summed E-state index contributed by atoms with van der Waals surface area (Å²) in [5, 5.41) is 10.5. The summed E-state index contributed by atoms with van der Waals surface area (Å²) >= 11 is 0. The lowest BCUT2D eigenvalue weighted by molar-refractivity contribution is 0.708. The molecule has 86 valence electrons. The van der Waals surface area contributed by atoms with Crippen molar-refractivity contribution in [2.24, 2.45) is 0 Å². The van der Waals surface area contributed by atoms with Crippen LogP contribution in [0.5, 0.6) is 0 Å². The number of piperidine rings is 1. The van der Waals surface area contributed by atoms with E-state index in [9.17, 15) is 0 Å². The summed E-state index contributed by atoms with van der Waals surface area (Å²) in [6.07, 6.45) is 3.25. The molecule has 1 N–H and O–H groups in total. The van der Waals surface area contributed by atoms with Gasteiger partial charge in [0.2, 0.25) is 0 Å². The molecule has 1 saturated heterocycles. The second-order valence-corrected chi connectivity index (χ2v) is 4.59. The predicted molar refractivity (Wildman–Crippen MR) is 72.9 cm³/mol. The maximum absolute atomic E-state index is 8.02. The van der Waals surface area contributed by atoms with Crippen molar-refractivity contribution in [3.63, 3.8) is 0 Å². The van der Waals surface area contributed by atoms with E-state index < -0.39 is 0 Å². The molecule has 0 bridgehead atoms. The molecular weight excluding hydrogens is 208 g/mol. The van der Waals surface area contributed by atoms with Gasteiger partial charge < -0.3 is 4.90 Å². The van der Waals surface area contributed by atoms with Crippen LogP contribution in [0.1, 0.15) is 19.3 Å². The molecule has 17 heavy (non-hydrogen) atoms. The minimum Gasteiger partial charge on any atom is -0.330 e. The fourth-order valence-electron chi connectivity index (χ4n) is 2.46. The minimum atomic E-state index is 0.756. The van der Waals surface area contributed by atoms with Crippen molar-refractivity contribution in [2.75, 3.05) is 11.4 Å². The molecule has 2 aromatic carbocycles. The fourth-order valence-corrected chi connectivity index (χ4v) is 2.46. The Hall–Kier alpha value is -1.83. The van der Waals surface area contributed by atoms with Gasteiger partial charge in [-0.2, -0.15) is 0 Å². The van der Waals surface area contributed by atoms with E-state index in [0.29, 0.717) is 0 Å². The van der Waals surface area contributed by atoms with Crippen LogP contribution in [0.2, 0.25) is 0 Å². The molecule has 0 aromatic heterocycles. The normalized spacial score (nSPS) is 16.5. The second-order valence-electron chi connectivity index (χ2n) is 4.59. The Bertz CT molecular complexity index is 560. The van der Waals surface area contributed by atoms with Crippen LogP contribution in [0.4, 0.5) is 5.69 Å². The number of benzene rings is 2. The van der Waals surface area contributed by atoms with Crippen molar-refractivity contribution >= 4 is 22.3 Å². The van der Waals surface area contributed by atoms with Gasteiger partial charge in [0, 0.05) is 18.7 Å². The van der Waals surface area contributed by atoms with Crippen molar-refractivity contribution in [1.82, 2.24) is 0 Å². The third-order valence-corrected chi connectivity index (χ3v) is 3.42. The average molecular weight is 224 g/mol. The van der Waals surface area contributed by atoms with E-state index in [-0.39, 0.29) is 0 Å². The maximum Gasteiger partial charge on any atom is 0.100 e. The Morgan fingerprint density at radius 2 is 1.76 bits per heavy atom. The number of fused-ring (bicyclic) bond motifs is 1. The first-order valence-electron chi connectivity index (χ1n) is 6.18. The quantitative estimate of drug-likeness (QED) is 0.783. The Labute approximate surface area is 101 Å². The van der Waals surface area contributed by atoms with E-state index in [0.717, 1.165) is 30.9 Å². The molecule has 0 amide bonds. The molecule has 0 unspecified atom stereocenters. The number of nitrogens with zero attached hydrogens (tertiary/aromatic N) is 1. The molecule has 3 rings (SSSR count). The van der Waals surface area contributed by atoms with E-state index in [1.165, 1.54) is 17.2 Å². The Morgan fingerprint density at radius 3 is 2.59 bits per heavy atom. The van der Waals surface area contributed by atoms with Crippen LogP contribution in [-0.2, 0) is 0 Å². The van der Waals surface area contributed by atoms with Gasteiger partial charge in [-0.05, 0) is 35.7 Å². The maximum atomic E-state index is 8.02. The summed E-state index contributed by atoms with van der Waals surface area (Å²) in [5.74, 6) is 0.756. The number of rotatable bonds is 1. The molecule has 0 radical (unpaired) electrons. The van der Waals surface area contributed by atoms with Crippen LogP contribution in [0.3, 0.4) is 0 Å². The van der Waals surface area contributed by atoms with Crippen molar-refractivity contribution in [2.45, 2.75) is 19.3 Å². The third kappa shape index (κ3) is 1.91. The highest BCUT2D eigenvalue weighted by Crippen LogP contribution is 2.25. The number of hydrogen-bond donors (Lipinski definition) is 1. The van der Waals surface area contributed by atoms with Gasteiger partial charge in [-0.25, -0.2) is 0 Å². The summed E-state index contributed by atoms with van der Waals surface area (Å²) in [7, 11) is 0. The molecule has 1 heterocycles. The molecule has 0 atom stereocenters. The standard InChI is InChI=1S/C15H16N2/c16-15-7-3-4-10-17(15)14-9-8-12-5-1-2-6-13(12)11-14/h1-2,5-6,8-9,11,16H,3-4,7,10H2. The first-order valence-corrected chi connectivity index (χ1v) is 6.18. The van der Waals surface area contributed by atoms with E-state index in [2.05, 4.69) is 47.4 Å². The minimum absolute atomic E-state index is 0.756. The number of amidine groups is 1. The molecule has 1 fully saturated rings. The molecule has 1 aliphatic heterocycles. The molecule has 2 nitrogen and oxygen atoms in total. The van der Waals surface area contributed by atoms with E-state index in [1.807, 2.05) is 0 Å². The highest BCUT2D eigenvalue weighted by Gasteiger charge is 2.16. The highest BCUT2D eigenvalue weighted by atomic mass is 15.2. The Balaban J connectivity index is 2.02. The van der Waals surface area contributed by atoms with Crippen molar-refractivity contribution in [3.8, 4) is 0 Å². The zero-order chi connectivity index (χ0) is 11.7. The SMILES string of the molecule is N=C1CCCCN1c1ccc2ccccc2c1. The molecule has 2 aromatic rings. The summed E-state index contributed by atoms with van der Waals surface area (Å²) in [6, 6.07) is 14.8. The van der Waals surface area contributed by atoms with E-state index in [4.69, 9.17) is 5.41 Å². The van der Waals surface area contributed by atoms with Crippen molar-refractivity contribution < 1.29 is 0 Å².